The number of aromatic amines is 1. The van der Waals surface area contributed by atoms with E-state index >= 15 is 0 Å². The second kappa shape index (κ2) is 6.49. The van der Waals surface area contributed by atoms with Crippen LogP contribution in [0.5, 0.6) is 0 Å². The third-order valence-corrected chi connectivity index (χ3v) is 3.65. The highest BCUT2D eigenvalue weighted by molar-refractivity contribution is 6.05. The SMILES string of the molecule is CCCNC(=O)c1cccc2[nH]c(-c3ccccc3[N+](=O)[O-])nc12. The Kier molecular flexibility index (Phi) is 4.24. The summed E-state index contributed by atoms with van der Waals surface area (Å²) in [7, 11) is 0. The number of hydrogen-bond donors (Lipinski definition) is 2. The van der Waals surface area contributed by atoms with Gasteiger partial charge in [0.1, 0.15) is 11.3 Å². The number of amides is 1. The summed E-state index contributed by atoms with van der Waals surface area (Å²) in [6.45, 7) is 2.55. The first kappa shape index (κ1) is 15.7. The third kappa shape index (κ3) is 2.83. The van der Waals surface area contributed by atoms with Crippen LogP contribution >= 0.6 is 0 Å². The first-order valence-corrected chi connectivity index (χ1v) is 7.62. The summed E-state index contributed by atoms with van der Waals surface area (Å²) in [6.07, 6.45) is 0.837. The van der Waals surface area contributed by atoms with Crippen LogP contribution in [0.2, 0.25) is 0 Å². The third-order valence-electron chi connectivity index (χ3n) is 3.65. The van der Waals surface area contributed by atoms with Crippen LogP contribution in [-0.4, -0.2) is 27.3 Å². The number of nitro benzene ring substituents is 1. The Hall–Kier alpha value is -3.22. The Bertz CT molecular complexity index is 917. The molecular weight excluding hydrogens is 308 g/mol. The quantitative estimate of drug-likeness (QED) is 0.555. The van der Waals surface area contributed by atoms with Crippen LogP contribution in [0, 0.1) is 10.1 Å². The summed E-state index contributed by atoms with van der Waals surface area (Å²) < 4.78 is 0. The molecule has 0 aliphatic heterocycles. The zero-order valence-electron chi connectivity index (χ0n) is 13.1. The van der Waals surface area contributed by atoms with Crippen molar-refractivity contribution in [3.63, 3.8) is 0 Å². The number of carbonyl (C=O) groups is 1. The van der Waals surface area contributed by atoms with Gasteiger partial charge in [-0.1, -0.05) is 25.1 Å². The van der Waals surface area contributed by atoms with Gasteiger partial charge in [0.2, 0.25) is 0 Å². The van der Waals surface area contributed by atoms with Gasteiger partial charge in [-0.05, 0) is 24.6 Å². The molecule has 0 aliphatic rings. The van der Waals surface area contributed by atoms with Crippen molar-refractivity contribution in [2.24, 2.45) is 0 Å². The number of nitrogens with zero attached hydrogens (tertiary/aromatic N) is 2. The van der Waals surface area contributed by atoms with Crippen LogP contribution in [0.4, 0.5) is 5.69 Å². The molecule has 0 saturated heterocycles. The van der Waals surface area contributed by atoms with Gasteiger partial charge >= 0.3 is 0 Å². The van der Waals surface area contributed by atoms with Crippen molar-refractivity contribution in [1.29, 1.82) is 0 Å². The van der Waals surface area contributed by atoms with Crippen molar-refractivity contribution in [2.75, 3.05) is 6.54 Å². The number of carbonyl (C=O) groups excluding carboxylic acids is 1. The lowest BCUT2D eigenvalue weighted by Crippen LogP contribution is -2.24. The van der Waals surface area contributed by atoms with Gasteiger partial charge in [0.05, 0.1) is 21.6 Å². The number of nitro groups is 1. The molecule has 1 amide bonds. The highest BCUT2D eigenvalue weighted by Crippen LogP contribution is 2.29. The Morgan fingerprint density at radius 1 is 1.25 bits per heavy atom. The highest BCUT2D eigenvalue weighted by atomic mass is 16.6. The Morgan fingerprint density at radius 2 is 2.04 bits per heavy atom. The molecule has 2 aromatic carbocycles. The van der Waals surface area contributed by atoms with Gasteiger partial charge in [0.25, 0.3) is 11.6 Å². The second-order valence-electron chi connectivity index (χ2n) is 5.32. The summed E-state index contributed by atoms with van der Waals surface area (Å²) in [5.41, 5.74) is 1.96. The summed E-state index contributed by atoms with van der Waals surface area (Å²) in [4.78, 5) is 30.5. The number of benzene rings is 2. The van der Waals surface area contributed by atoms with Gasteiger partial charge in [0, 0.05) is 12.6 Å². The Labute approximate surface area is 137 Å². The highest BCUT2D eigenvalue weighted by Gasteiger charge is 2.19. The normalized spacial score (nSPS) is 10.7. The molecule has 24 heavy (non-hydrogen) atoms. The van der Waals surface area contributed by atoms with E-state index in [1.807, 2.05) is 6.92 Å². The number of rotatable bonds is 5. The molecule has 0 saturated carbocycles. The molecule has 3 rings (SSSR count). The predicted molar refractivity (Wildman–Crippen MR) is 90.8 cm³/mol. The van der Waals surface area contributed by atoms with Crippen LogP contribution in [-0.2, 0) is 0 Å². The summed E-state index contributed by atoms with van der Waals surface area (Å²) in [6, 6.07) is 11.6. The topological polar surface area (TPSA) is 101 Å². The molecule has 7 heteroatoms. The van der Waals surface area contributed by atoms with E-state index in [1.54, 1.807) is 36.4 Å². The molecule has 2 N–H and O–H groups in total. The molecule has 3 aromatic rings. The first-order chi connectivity index (χ1) is 11.6. The molecule has 0 radical (unpaired) electrons. The number of fused-ring (bicyclic) bond motifs is 1. The van der Waals surface area contributed by atoms with E-state index in [0.29, 0.717) is 34.5 Å². The number of para-hydroxylation sites is 2. The maximum Gasteiger partial charge on any atom is 0.280 e. The number of H-pyrrole nitrogens is 1. The standard InChI is InChI=1S/C17H16N4O3/c1-2-10-18-17(22)12-7-5-8-13-15(12)20-16(19-13)11-6-3-4-9-14(11)21(23)24/h3-9H,2,10H2,1H3,(H,18,22)(H,19,20). The van der Waals surface area contributed by atoms with Gasteiger partial charge in [-0.2, -0.15) is 0 Å². The molecule has 0 bridgehead atoms. The minimum Gasteiger partial charge on any atom is -0.352 e. The largest absolute Gasteiger partial charge is 0.352 e. The predicted octanol–water partition coefficient (Wildman–Crippen LogP) is 3.28. The second-order valence-corrected chi connectivity index (χ2v) is 5.32. The summed E-state index contributed by atoms with van der Waals surface area (Å²) in [5, 5.41) is 14.0. The van der Waals surface area contributed by atoms with E-state index in [9.17, 15) is 14.9 Å². The monoisotopic (exact) mass is 324 g/mol. The van der Waals surface area contributed by atoms with Gasteiger partial charge in [-0.15, -0.1) is 0 Å². The van der Waals surface area contributed by atoms with E-state index in [4.69, 9.17) is 0 Å². The maximum atomic E-state index is 12.3. The molecule has 0 fully saturated rings. The number of hydrogen-bond acceptors (Lipinski definition) is 4. The Balaban J connectivity index is 2.10. The molecule has 0 aliphatic carbocycles. The van der Waals surface area contributed by atoms with E-state index in [0.717, 1.165) is 6.42 Å². The molecule has 1 aromatic heterocycles. The summed E-state index contributed by atoms with van der Waals surface area (Å²) >= 11 is 0. The number of nitrogens with one attached hydrogen (secondary N) is 2. The van der Waals surface area contributed by atoms with Gasteiger partial charge in [-0.3, -0.25) is 14.9 Å². The lowest BCUT2D eigenvalue weighted by Gasteiger charge is -2.03. The van der Waals surface area contributed by atoms with Gasteiger partial charge in [-0.25, -0.2) is 4.98 Å². The molecule has 7 nitrogen and oxygen atoms in total. The van der Waals surface area contributed by atoms with E-state index in [1.165, 1.54) is 6.07 Å². The van der Waals surface area contributed by atoms with Crippen LogP contribution in [0.1, 0.15) is 23.7 Å². The molecule has 0 spiro atoms. The zero-order valence-corrected chi connectivity index (χ0v) is 13.1. The van der Waals surface area contributed by atoms with Crippen LogP contribution < -0.4 is 5.32 Å². The van der Waals surface area contributed by atoms with E-state index in [2.05, 4.69) is 15.3 Å². The fraction of sp³-hybridized carbons (Fsp3) is 0.176. The van der Waals surface area contributed by atoms with Crippen molar-refractivity contribution in [3.05, 3.63) is 58.1 Å². The van der Waals surface area contributed by atoms with Crippen molar-refractivity contribution >= 4 is 22.6 Å². The molecule has 1 heterocycles. The fourth-order valence-corrected chi connectivity index (χ4v) is 2.51. The van der Waals surface area contributed by atoms with Crippen molar-refractivity contribution < 1.29 is 9.72 Å². The minimum atomic E-state index is -0.447. The lowest BCUT2D eigenvalue weighted by atomic mass is 10.1. The fourth-order valence-electron chi connectivity index (χ4n) is 2.51. The first-order valence-electron chi connectivity index (χ1n) is 7.62. The number of aromatic nitrogens is 2. The number of imidazole rings is 1. The lowest BCUT2D eigenvalue weighted by molar-refractivity contribution is -0.384. The molecule has 122 valence electrons. The van der Waals surface area contributed by atoms with Crippen molar-refractivity contribution in [2.45, 2.75) is 13.3 Å². The van der Waals surface area contributed by atoms with Crippen molar-refractivity contribution in [1.82, 2.24) is 15.3 Å². The molecular formula is C17H16N4O3. The Morgan fingerprint density at radius 3 is 2.79 bits per heavy atom. The van der Waals surface area contributed by atoms with E-state index in [-0.39, 0.29) is 11.6 Å². The van der Waals surface area contributed by atoms with Crippen LogP contribution in [0.25, 0.3) is 22.4 Å². The molecule has 0 atom stereocenters. The van der Waals surface area contributed by atoms with Crippen molar-refractivity contribution in [3.8, 4) is 11.4 Å². The molecule has 0 unspecified atom stereocenters. The summed E-state index contributed by atoms with van der Waals surface area (Å²) in [5.74, 6) is 0.163. The smallest absolute Gasteiger partial charge is 0.280 e. The van der Waals surface area contributed by atoms with Gasteiger partial charge in [0.15, 0.2) is 0 Å². The average Bonchev–Trinajstić information content (AvgIpc) is 3.03. The van der Waals surface area contributed by atoms with Crippen LogP contribution in [0.15, 0.2) is 42.5 Å². The average molecular weight is 324 g/mol. The van der Waals surface area contributed by atoms with Crippen LogP contribution in [0.3, 0.4) is 0 Å². The van der Waals surface area contributed by atoms with Gasteiger partial charge < -0.3 is 10.3 Å². The minimum absolute atomic E-state index is 0.0338. The van der Waals surface area contributed by atoms with E-state index < -0.39 is 4.92 Å². The zero-order chi connectivity index (χ0) is 17.1. The maximum absolute atomic E-state index is 12.3.